The number of methoxy groups -OCH3 is 2. The number of anilines is 2. The van der Waals surface area contributed by atoms with E-state index in [1.54, 1.807) is 30.3 Å². The maximum Gasteiger partial charge on any atom is 0.248 e. The zero-order valence-electron chi connectivity index (χ0n) is 25.1. The van der Waals surface area contributed by atoms with Crippen molar-refractivity contribution in [1.82, 2.24) is 24.8 Å². The summed E-state index contributed by atoms with van der Waals surface area (Å²) in [5.74, 6) is 1.57. The van der Waals surface area contributed by atoms with Crippen molar-refractivity contribution in [3.05, 3.63) is 71.6 Å². The smallest absolute Gasteiger partial charge is 0.248 e. The highest BCUT2D eigenvalue weighted by molar-refractivity contribution is 6.31. The van der Waals surface area contributed by atoms with Gasteiger partial charge in [-0.05, 0) is 56.0 Å². The van der Waals surface area contributed by atoms with Crippen LogP contribution in [-0.4, -0.2) is 70.8 Å². The molecule has 0 aliphatic heterocycles. The monoisotopic (exact) mass is 630 g/mol. The Morgan fingerprint density at radius 2 is 1.76 bits per heavy atom. The Bertz CT molecular complexity index is 1870. The van der Waals surface area contributed by atoms with Gasteiger partial charge in [0.05, 0.1) is 29.3 Å². The summed E-state index contributed by atoms with van der Waals surface area (Å²) in [5.41, 5.74) is 1.87. The van der Waals surface area contributed by atoms with Crippen LogP contribution in [-0.2, 0) is 9.53 Å². The van der Waals surface area contributed by atoms with Gasteiger partial charge in [-0.25, -0.2) is 24.3 Å². The molecule has 5 aromatic rings. The minimum Gasteiger partial charge on any atom is -0.493 e. The van der Waals surface area contributed by atoms with Crippen LogP contribution in [0.2, 0.25) is 5.02 Å². The summed E-state index contributed by atoms with van der Waals surface area (Å²) in [6, 6.07) is 15.8. The quantitative estimate of drug-likeness (QED) is 0.193. The van der Waals surface area contributed by atoms with E-state index in [1.807, 2.05) is 37.4 Å². The molecule has 1 aliphatic carbocycles. The van der Waals surface area contributed by atoms with E-state index < -0.39 is 5.82 Å². The van der Waals surface area contributed by atoms with Crippen LogP contribution in [0.15, 0.2) is 60.8 Å². The molecule has 2 heterocycles. The molecule has 45 heavy (non-hydrogen) atoms. The average molecular weight is 631 g/mol. The van der Waals surface area contributed by atoms with E-state index in [1.165, 1.54) is 19.2 Å². The molecule has 3 aromatic carbocycles. The highest BCUT2D eigenvalue weighted by Crippen LogP contribution is 2.38. The second-order valence-electron chi connectivity index (χ2n) is 10.9. The summed E-state index contributed by atoms with van der Waals surface area (Å²) < 4.78 is 31.2. The van der Waals surface area contributed by atoms with Gasteiger partial charge >= 0.3 is 0 Å². The summed E-state index contributed by atoms with van der Waals surface area (Å²) in [5, 5.41) is 4.79. The first kappa shape index (κ1) is 30.4. The number of benzene rings is 3. The molecule has 0 unspecified atom stereocenters. The third kappa shape index (κ3) is 6.59. The SMILES string of the molecule is COCC(=O)N(C)C1CCC(Oc2cc3c(Nc4ccc(F)c(Cl)c4)nc(-c4ncc5ccccc5n4)nc3cc2OC)CC1. The number of ether oxygens (including phenoxy) is 3. The highest BCUT2D eigenvalue weighted by Gasteiger charge is 2.28. The fourth-order valence-corrected chi connectivity index (χ4v) is 5.71. The van der Waals surface area contributed by atoms with Gasteiger partial charge in [-0.3, -0.25) is 4.79 Å². The van der Waals surface area contributed by atoms with Crippen molar-refractivity contribution in [3.63, 3.8) is 0 Å². The zero-order chi connectivity index (χ0) is 31.5. The molecule has 0 saturated heterocycles. The van der Waals surface area contributed by atoms with E-state index in [0.717, 1.165) is 36.6 Å². The lowest BCUT2D eigenvalue weighted by Gasteiger charge is -2.34. The first-order chi connectivity index (χ1) is 21.8. The van der Waals surface area contributed by atoms with Gasteiger partial charge in [0, 0.05) is 48.9 Å². The fraction of sp³-hybridized carbons (Fsp3) is 0.303. The summed E-state index contributed by atoms with van der Waals surface area (Å²) in [6.45, 7) is 0.0679. The first-order valence-electron chi connectivity index (χ1n) is 14.6. The molecule has 1 saturated carbocycles. The third-order valence-electron chi connectivity index (χ3n) is 8.00. The molecular formula is C33H32ClFN6O4. The van der Waals surface area contributed by atoms with Gasteiger partial charge in [0.1, 0.15) is 18.2 Å². The molecule has 1 N–H and O–H groups in total. The van der Waals surface area contributed by atoms with Crippen molar-refractivity contribution >= 4 is 50.8 Å². The Hall–Kier alpha value is -4.61. The van der Waals surface area contributed by atoms with Gasteiger partial charge in [0.25, 0.3) is 0 Å². The van der Waals surface area contributed by atoms with Crippen molar-refractivity contribution < 1.29 is 23.4 Å². The Morgan fingerprint density at radius 1 is 0.978 bits per heavy atom. The van der Waals surface area contributed by atoms with Crippen LogP contribution in [0.5, 0.6) is 11.5 Å². The third-order valence-corrected chi connectivity index (χ3v) is 8.29. The lowest BCUT2D eigenvalue weighted by Crippen LogP contribution is -2.42. The van der Waals surface area contributed by atoms with Gasteiger partial charge in [0.2, 0.25) is 5.91 Å². The van der Waals surface area contributed by atoms with Crippen molar-refractivity contribution in [2.45, 2.75) is 37.8 Å². The summed E-state index contributed by atoms with van der Waals surface area (Å²) >= 11 is 6.08. The van der Waals surface area contributed by atoms with E-state index in [9.17, 15) is 9.18 Å². The predicted octanol–water partition coefficient (Wildman–Crippen LogP) is 6.58. The number of hydrogen-bond donors (Lipinski definition) is 1. The molecule has 232 valence electrons. The minimum atomic E-state index is -0.524. The van der Waals surface area contributed by atoms with E-state index in [0.29, 0.717) is 45.6 Å². The van der Waals surface area contributed by atoms with Crippen molar-refractivity contribution in [1.29, 1.82) is 0 Å². The fourth-order valence-electron chi connectivity index (χ4n) is 5.53. The molecule has 0 radical (unpaired) electrons. The molecule has 1 fully saturated rings. The Balaban J connectivity index is 1.35. The molecule has 0 atom stereocenters. The number of aromatic nitrogens is 4. The van der Waals surface area contributed by atoms with Crippen LogP contribution >= 0.6 is 11.6 Å². The van der Waals surface area contributed by atoms with Crippen LogP contribution in [0.4, 0.5) is 15.9 Å². The van der Waals surface area contributed by atoms with Crippen LogP contribution in [0, 0.1) is 5.82 Å². The van der Waals surface area contributed by atoms with E-state index in [-0.39, 0.29) is 29.7 Å². The number of likely N-dealkylation sites (N-methyl/N-ethyl adjacent to an activating group) is 1. The molecule has 10 nitrogen and oxygen atoms in total. The predicted molar refractivity (Wildman–Crippen MR) is 171 cm³/mol. The summed E-state index contributed by atoms with van der Waals surface area (Å²) in [7, 11) is 4.92. The van der Waals surface area contributed by atoms with Crippen molar-refractivity contribution in [2.75, 3.05) is 33.2 Å². The normalized spacial score (nSPS) is 16.5. The van der Waals surface area contributed by atoms with Gasteiger partial charge in [-0.15, -0.1) is 0 Å². The molecular weight excluding hydrogens is 599 g/mol. The number of nitrogens with one attached hydrogen (secondary N) is 1. The Kier molecular flexibility index (Phi) is 8.90. The lowest BCUT2D eigenvalue weighted by molar-refractivity contribution is -0.136. The molecule has 1 aliphatic rings. The standard InChI is InChI=1S/C33H32ClFN6O4/c1-41(30(42)18-43-2)21-9-11-22(12-10-21)45-29-15-23-27(16-28(29)44-3)39-33(32-36-17-19-6-4-5-7-26(19)38-32)40-31(23)37-20-8-13-25(35)24(34)14-20/h4-8,13-17,21-22H,9-12,18H2,1-3H3,(H,37,39,40). The van der Waals surface area contributed by atoms with Crippen LogP contribution in [0.3, 0.4) is 0 Å². The Morgan fingerprint density at radius 3 is 2.51 bits per heavy atom. The van der Waals surface area contributed by atoms with Gasteiger partial charge in [0.15, 0.2) is 23.1 Å². The maximum atomic E-state index is 13.9. The second kappa shape index (κ2) is 13.2. The molecule has 1 amide bonds. The summed E-state index contributed by atoms with van der Waals surface area (Å²) in [6.07, 6.45) is 4.81. The highest BCUT2D eigenvalue weighted by atomic mass is 35.5. The second-order valence-corrected chi connectivity index (χ2v) is 11.3. The number of halogens is 2. The topological polar surface area (TPSA) is 112 Å². The van der Waals surface area contributed by atoms with Gasteiger partial charge in [-0.1, -0.05) is 29.8 Å². The van der Waals surface area contributed by atoms with E-state index in [2.05, 4.69) is 15.3 Å². The number of carbonyl (C=O) groups is 1. The molecule has 12 heteroatoms. The number of para-hydroxylation sites is 1. The molecule has 0 bridgehead atoms. The number of hydrogen-bond acceptors (Lipinski definition) is 9. The molecule has 6 rings (SSSR count). The number of rotatable bonds is 9. The Labute approximate surface area is 264 Å². The van der Waals surface area contributed by atoms with E-state index in [4.69, 9.17) is 35.8 Å². The van der Waals surface area contributed by atoms with Crippen LogP contribution in [0.1, 0.15) is 25.7 Å². The molecule has 0 spiro atoms. The number of fused-ring (bicyclic) bond motifs is 2. The number of carbonyl (C=O) groups excluding carboxylic acids is 1. The zero-order valence-corrected chi connectivity index (χ0v) is 25.8. The van der Waals surface area contributed by atoms with Gasteiger partial charge in [-0.2, -0.15) is 0 Å². The lowest BCUT2D eigenvalue weighted by atomic mass is 9.92. The average Bonchev–Trinajstić information content (AvgIpc) is 3.06. The summed E-state index contributed by atoms with van der Waals surface area (Å²) in [4.78, 5) is 32.9. The minimum absolute atomic E-state index is 0.0210. The van der Waals surface area contributed by atoms with Crippen molar-refractivity contribution in [2.24, 2.45) is 0 Å². The molecule has 2 aromatic heterocycles. The number of nitrogens with zero attached hydrogens (tertiary/aromatic N) is 5. The van der Waals surface area contributed by atoms with Crippen molar-refractivity contribution in [3.8, 4) is 23.1 Å². The van der Waals surface area contributed by atoms with Gasteiger partial charge < -0.3 is 24.4 Å². The first-order valence-corrected chi connectivity index (χ1v) is 15.0. The maximum absolute atomic E-state index is 13.9. The number of amides is 1. The largest absolute Gasteiger partial charge is 0.493 e. The van der Waals surface area contributed by atoms with Crippen LogP contribution in [0.25, 0.3) is 33.5 Å². The van der Waals surface area contributed by atoms with Crippen LogP contribution < -0.4 is 14.8 Å². The van der Waals surface area contributed by atoms with E-state index >= 15 is 0 Å².